The smallest absolute Gasteiger partial charge is 0.237 e. The Morgan fingerprint density at radius 3 is 2.94 bits per heavy atom. The van der Waals surface area contributed by atoms with Crippen LogP contribution in [0, 0.1) is 0 Å². The van der Waals surface area contributed by atoms with Gasteiger partial charge in [0.1, 0.15) is 0 Å². The summed E-state index contributed by atoms with van der Waals surface area (Å²) in [5.41, 5.74) is 0. The van der Waals surface area contributed by atoms with E-state index in [1.165, 1.54) is 0 Å². The average Bonchev–Trinajstić information content (AvgIpc) is 2.82. The van der Waals surface area contributed by atoms with E-state index in [4.69, 9.17) is 9.47 Å². The van der Waals surface area contributed by atoms with Crippen molar-refractivity contribution in [3.8, 4) is 0 Å². The lowest BCUT2D eigenvalue weighted by atomic mass is 10.2. The largest absolute Gasteiger partial charge is 0.381 e. The summed E-state index contributed by atoms with van der Waals surface area (Å²) in [6, 6.07) is -0.100. The van der Waals surface area contributed by atoms with Crippen molar-refractivity contribution in [3.63, 3.8) is 0 Å². The predicted molar refractivity (Wildman–Crippen MR) is 65.9 cm³/mol. The Labute approximate surface area is 103 Å². The summed E-state index contributed by atoms with van der Waals surface area (Å²) in [6.07, 6.45) is 2.83. The van der Waals surface area contributed by atoms with Gasteiger partial charge in [0.15, 0.2) is 0 Å². The number of hydrogen-bond acceptors (Lipinski definition) is 4. The molecule has 17 heavy (non-hydrogen) atoms. The van der Waals surface area contributed by atoms with Gasteiger partial charge in [0.05, 0.1) is 12.1 Å². The highest BCUT2D eigenvalue weighted by Gasteiger charge is 2.28. The zero-order valence-corrected chi connectivity index (χ0v) is 10.8. The minimum absolute atomic E-state index is 0.0695. The van der Waals surface area contributed by atoms with Crippen LogP contribution in [0.1, 0.15) is 26.2 Å². The number of amides is 1. The van der Waals surface area contributed by atoms with Crippen LogP contribution in [-0.4, -0.2) is 51.5 Å². The monoisotopic (exact) mass is 244 g/mol. The highest BCUT2D eigenvalue weighted by Crippen LogP contribution is 2.09. The van der Waals surface area contributed by atoms with Crippen molar-refractivity contribution in [2.24, 2.45) is 0 Å². The first-order valence-corrected chi connectivity index (χ1v) is 6.39. The second kappa shape index (κ2) is 8.44. The third-order valence-electron chi connectivity index (χ3n) is 2.85. The summed E-state index contributed by atoms with van der Waals surface area (Å²) in [5.74, 6) is 0.0695. The van der Waals surface area contributed by atoms with Crippen LogP contribution < -0.4 is 10.6 Å². The van der Waals surface area contributed by atoms with Gasteiger partial charge in [-0.05, 0) is 19.3 Å². The summed E-state index contributed by atoms with van der Waals surface area (Å²) in [4.78, 5) is 11.7. The molecule has 0 radical (unpaired) electrons. The molecule has 1 amide bonds. The third-order valence-corrected chi connectivity index (χ3v) is 2.85. The number of carbonyl (C=O) groups is 1. The molecular formula is C12H24N2O3. The van der Waals surface area contributed by atoms with E-state index in [9.17, 15) is 4.79 Å². The van der Waals surface area contributed by atoms with Gasteiger partial charge in [0.2, 0.25) is 5.91 Å². The van der Waals surface area contributed by atoms with E-state index < -0.39 is 0 Å². The molecule has 1 fully saturated rings. The molecule has 5 nitrogen and oxygen atoms in total. The average molecular weight is 244 g/mol. The van der Waals surface area contributed by atoms with E-state index in [1.54, 1.807) is 7.11 Å². The maximum absolute atomic E-state index is 11.7. The highest BCUT2D eigenvalue weighted by atomic mass is 16.5. The summed E-state index contributed by atoms with van der Waals surface area (Å²) in [7, 11) is 1.68. The van der Waals surface area contributed by atoms with Crippen LogP contribution in [0.2, 0.25) is 0 Å². The van der Waals surface area contributed by atoms with Gasteiger partial charge in [0.25, 0.3) is 0 Å². The van der Waals surface area contributed by atoms with E-state index in [2.05, 4.69) is 17.6 Å². The fourth-order valence-electron chi connectivity index (χ4n) is 1.84. The second-order valence-electron chi connectivity index (χ2n) is 4.31. The lowest BCUT2D eigenvalue weighted by Gasteiger charge is -2.11. The summed E-state index contributed by atoms with van der Waals surface area (Å²) < 4.78 is 10.5. The molecule has 0 bridgehead atoms. The molecule has 2 unspecified atom stereocenters. The van der Waals surface area contributed by atoms with Crippen LogP contribution in [0.3, 0.4) is 0 Å². The van der Waals surface area contributed by atoms with E-state index in [1.807, 2.05) is 0 Å². The maximum atomic E-state index is 11.7. The minimum atomic E-state index is -0.100. The molecule has 0 spiro atoms. The van der Waals surface area contributed by atoms with Crippen LogP contribution in [0.4, 0.5) is 0 Å². The first-order chi connectivity index (χ1) is 8.27. The second-order valence-corrected chi connectivity index (χ2v) is 4.31. The molecule has 100 valence electrons. The molecule has 1 rings (SSSR count). The number of rotatable bonds is 8. The van der Waals surface area contributed by atoms with E-state index >= 15 is 0 Å². The van der Waals surface area contributed by atoms with Crippen LogP contribution in [0.15, 0.2) is 0 Å². The quantitative estimate of drug-likeness (QED) is 0.603. The Balaban J connectivity index is 2.01. The normalized spacial score (nSPS) is 23.9. The Kier molecular flexibility index (Phi) is 7.16. The van der Waals surface area contributed by atoms with Gasteiger partial charge in [-0.1, -0.05) is 6.92 Å². The lowest BCUT2D eigenvalue weighted by molar-refractivity contribution is -0.123. The zero-order valence-electron chi connectivity index (χ0n) is 10.8. The Morgan fingerprint density at radius 1 is 1.47 bits per heavy atom. The fraction of sp³-hybridized carbons (Fsp3) is 0.917. The molecule has 0 aromatic heterocycles. The molecule has 0 aromatic carbocycles. The Hall–Kier alpha value is -0.650. The standard InChI is InChI=1S/C12H24N2O3/c1-3-6-17-7-4-5-13-12(15)11-8-10(16-2)9-14-11/h10-11,14H,3-9H2,1-2H3,(H,13,15). The van der Waals surface area contributed by atoms with Gasteiger partial charge >= 0.3 is 0 Å². The molecular weight excluding hydrogens is 220 g/mol. The molecule has 1 heterocycles. The van der Waals surface area contributed by atoms with E-state index in [-0.39, 0.29) is 18.1 Å². The summed E-state index contributed by atoms with van der Waals surface area (Å²) in [6.45, 7) is 5.03. The molecule has 0 saturated carbocycles. The third kappa shape index (κ3) is 5.48. The van der Waals surface area contributed by atoms with Gasteiger partial charge < -0.3 is 20.1 Å². The van der Waals surface area contributed by atoms with Crippen molar-refractivity contribution >= 4 is 5.91 Å². The van der Waals surface area contributed by atoms with E-state index in [0.29, 0.717) is 13.2 Å². The van der Waals surface area contributed by atoms with Gasteiger partial charge in [-0.3, -0.25) is 4.79 Å². The van der Waals surface area contributed by atoms with Crippen molar-refractivity contribution in [2.75, 3.05) is 33.4 Å². The van der Waals surface area contributed by atoms with Gasteiger partial charge in [-0.2, -0.15) is 0 Å². The molecule has 2 atom stereocenters. The number of carbonyl (C=O) groups excluding carboxylic acids is 1. The number of ether oxygens (including phenoxy) is 2. The van der Waals surface area contributed by atoms with Crippen LogP contribution in [0.25, 0.3) is 0 Å². The number of methoxy groups -OCH3 is 1. The van der Waals surface area contributed by atoms with Crippen molar-refractivity contribution in [1.82, 2.24) is 10.6 Å². The maximum Gasteiger partial charge on any atom is 0.237 e. The van der Waals surface area contributed by atoms with Crippen LogP contribution in [-0.2, 0) is 14.3 Å². The summed E-state index contributed by atoms with van der Waals surface area (Å²) >= 11 is 0. The van der Waals surface area contributed by atoms with E-state index in [0.717, 1.165) is 32.4 Å². The van der Waals surface area contributed by atoms with Gasteiger partial charge in [0, 0.05) is 33.4 Å². The van der Waals surface area contributed by atoms with Crippen LogP contribution >= 0.6 is 0 Å². The zero-order chi connectivity index (χ0) is 12.5. The minimum Gasteiger partial charge on any atom is -0.381 e. The topological polar surface area (TPSA) is 59.6 Å². The fourth-order valence-corrected chi connectivity index (χ4v) is 1.84. The molecule has 5 heteroatoms. The van der Waals surface area contributed by atoms with Crippen molar-refractivity contribution in [1.29, 1.82) is 0 Å². The van der Waals surface area contributed by atoms with Crippen molar-refractivity contribution < 1.29 is 14.3 Å². The molecule has 0 aromatic rings. The molecule has 1 aliphatic rings. The van der Waals surface area contributed by atoms with Gasteiger partial charge in [-0.15, -0.1) is 0 Å². The van der Waals surface area contributed by atoms with Crippen molar-refractivity contribution in [2.45, 2.75) is 38.3 Å². The highest BCUT2D eigenvalue weighted by molar-refractivity contribution is 5.82. The number of nitrogens with one attached hydrogen (secondary N) is 2. The Bertz CT molecular complexity index is 224. The van der Waals surface area contributed by atoms with Gasteiger partial charge in [-0.25, -0.2) is 0 Å². The molecule has 2 N–H and O–H groups in total. The van der Waals surface area contributed by atoms with Crippen LogP contribution in [0.5, 0.6) is 0 Å². The molecule has 1 saturated heterocycles. The lowest BCUT2D eigenvalue weighted by Crippen LogP contribution is -2.40. The summed E-state index contributed by atoms with van der Waals surface area (Å²) in [5, 5.41) is 6.06. The Morgan fingerprint density at radius 2 is 2.29 bits per heavy atom. The van der Waals surface area contributed by atoms with Crippen molar-refractivity contribution in [3.05, 3.63) is 0 Å². The molecule has 0 aliphatic carbocycles. The first-order valence-electron chi connectivity index (χ1n) is 6.39. The first kappa shape index (κ1) is 14.4. The number of hydrogen-bond donors (Lipinski definition) is 2. The molecule has 1 aliphatic heterocycles. The SMILES string of the molecule is CCCOCCCNC(=O)C1CC(OC)CN1. The predicted octanol–water partition coefficient (Wildman–Crippen LogP) is 0.296.